The van der Waals surface area contributed by atoms with E-state index in [2.05, 4.69) is 17.2 Å². The first kappa shape index (κ1) is 14.6. The molecule has 1 rings (SSSR count). The average Bonchev–Trinajstić information content (AvgIpc) is 2.35. The van der Waals surface area contributed by atoms with Crippen LogP contribution in [0.1, 0.15) is 13.8 Å². The molecule has 0 aliphatic heterocycles. The maximum Gasteiger partial charge on any atom is 0.311 e. The summed E-state index contributed by atoms with van der Waals surface area (Å²) in [4.78, 5) is 14.5. The van der Waals surface area contributed by atoms with Crippen molar-refractivity contribution in [3.8, 4) is 5.88 Å². The summed E-state index contributed by atoms with van der Waals surface area (Å²) in [6.45, 7) is 4.04. The van der Waals surface area contributed by atoms with Crippen LogP contribution in [0.4, 0.5) is 11.5 Å². The molecule has 7 heteroatoms. The molecule has 0 saturated heterocycles. The van der Waals surface area contributed by atoms with Crippen molar-refractivity contribution < 1.29 is 9.66 Å². The largest absolute Gasteiger partial charge is 0.481 e. The van der Waals surface area contributed by atoms with E-state index in [1.54, 1.807) is 11.8 Å². The van der Waals surface area contributed by atoms with E-state index in [1.165, 1.54) is 19.2 Å². The van der Waals surface area contributed by atoms with Gasteiger partial charge < -0.3 is 10.1 Å². The van der Waals surface area contributed by atoms with Gasteiger partial charge in [0.15, 0.2) is 0 Å². The molecule has 0 aromatic carbocycles. The number of nitrogens with zero attached hydrogens (tertiary/aromatic N) is 2. The minimum Gasteiger partial charge on any atom is -0.481 e. The van der Waals surface area contributed by atoms with Crippen LogP contribution in [0.2, 0.25) is 0 Å². The van der Waals surface area contributed by atoms with Gasteiger partial charge in [0.1, 0.15) is 0 Å². The molecule has 1 heterocycles. The maximum absolute atomic E-state index is 10.9. The minimum absolute atomic E-state index is 0.0378. The maximum atomic E-state index is 10.9. The molecule has 1 aromatic heterocycles. The number of ether oxygens (including phenoxy) is 1. The third kappa shape index (κ3) is 4.06. The van der Waals surface area contributed by atoms with Gasteiger partial charge in [-0.15, -0.1) is 0 Å². The molecule has 0 radical (unpaired) electrons. The van der Waals surface area contributed by atoms with Crippen LogP contribution in [-0.2, 0) is 0 Å². The van der Waals surface area contributed by atoms with Crippen molar-refractivity contribution in [1.29, 1.82) is 0 Å². The van der Waals surface area contributed by atoms with Gasteiger partial charge in [0.05, 0.1) is 12.0 Å². The molecular formula is C11H17N3O3S. The Hall–Kier alpha value is -1.50. The molecule has 0 aliphatic rings. The number of pyridine rings is 1. The highest BCUT2D eigenvalue weighted by molar-refractivity contribution is 7.99. The minimum atomic E-state index is -0.450. The van der Waals surface area contributed by atoms with E-state index in [9.17, 15) is 10.1 Å². The Labute approximate surface area is 110 Å². The molecule has 0 amide bonds. The molecule has 0 spiro atoms. The Balaban J connectivity index is 2.86. The number of nitro groups is 1. The van der Waals surface area contributed by atoms with Gasteiger partial charge in [-0.25, -0.2) is 0 Å². The van der Waals surface area contributed by atoms with E-state index < -0.39 is 4.92 Å². The highest BCUT2D eigenvalue weighted by Gasteiger charge is 2.17. The summed E-state index contributed by atoms with van der Waals surface area (Å²) in [5.41, 5.74) is -0.0378. The van der Waals surface area contributed by atoms with Gasteiger partial charge in [0.2, 0.25) is 11.7 Å². The lowest BCUT2D eigenvalue weighted by Crippen LogP contribution is -2.19. The summed E-state index contributed by atoms with van der Waals surface area (Å²) in [7, 11) is 1.48. The van der Waals surface area contributed by atoms with Crippen LogP contribution >= 0.6 is 11.8 Å². The van der Waals surface area contributed by atoms with Gasteiger partial charge in [-0.2, -0.15) is 16.7 Å². The number of hydrogen-bond donors (Lipinski definition) is 1. The van der Waals surface area contributed by atoms with E-state index >= 15 is 0 Å². The second-order valence-corrected chi connectivity index (χ2v) is 5.00. The van der Waals surface area contributed by atoms with E-state index in [0.717, 1.165) is 11.5 Å². The summed E-state index contributed by atoms with van der Waals surface area (Å²) in [5.74, 6) is 2.49. The fourth-order valence-electron chi connectivity index (χ4n) is 1.37. The first-order chi connectivity index (χ1) is 8.58. The van der Waals surface area contributed by atoms with Crippen LogP contribution < -0.4 is 10.1 Å². The second-order valence-electron chi connectivity index (χ2n) is 3.68. The molecular weight excluding hydrogens is 254 g/mol. The van der Waals surface area contributed by atoms with Crippen molar-refractivity contribution >= 4 is 23.3 Å². The van der Waals surface area contributed by atoms with E-state index in [0.29, 0.717) is 5.88 Å². The molecule has 0 saturated carbocycles. The Morgan fingerprint density at radius 1 is 1.61 bits per heavy atom. The average molecular weight is 271 g/mol. The Kier molecular flexibility index (Phi) is 5.70. The second kappa shape index (κ2) is 7.05. The van der Waals surface area contributed by atoms with Gasteiger partial charge in [0, 0.05) is 23.9 Å². The predicted octanol–water partition coefficient (Wildman–Crippen LogP) is 2.55. The Bertz CT molecular complexity index is 415. The molecule has 1 N–H and O–H groups in total. The zero-order valence-corrected chi connectivity index (χ0v) is 11.5. The lowest BCUT2D eigenvalue weighted by molar-refractivity contribution is -0.384. The van der Waals surface area contributed by atoms with Gasteiger partial charge in [-0.05, 0) is 12.7 Å². The third-order valence-electron chi connectivity index (χ3n) is 2.21. The van der Waals surface area contributed by atoms with E-state index in [-0.39, 0.29) is 17.5 Å². The Morgan fingerprint density at radius 2 is 2.33 bits per heavy atom. The van der Waals surface area contributed by atoms with Crippen molar-refractivity contribution in [2.75, 3.05) is 23.9 Å². The standard InChI is InChI=1S/C11H17N3O3S/c1-4-18-7-8(2)12-11-9(14(15)16)5-6-10(13-11)17-3/h5-6,8H,4,7H2,1-3H3,(H,12,13). The number of hydrogen-bond acceptors (Lipinski definition) is 6. The molecule has 6 nitrogen and oxygen atoms in total. The third-order valence-corrected chi connectivity index (χ3v) is 3.35. The molecule has 1 aromatic rings. The van der Waals surface area contributed by atoms with E-state index in [1.807, 2.05) is 6.92 Å². The van der Waals surface area contributed by atoms with E-state index in [4.69, 9.17) is 4.74 Å². The van der Waals surface area contributed by atoms with Crippen molar-refractivity contribution in [3.05, 3.63) is 22.2 Å². The fourth-order valence-corrected chi connectivity index (χ4v) is 2.04. The zero-order valence-electron chi connectivity index (χ0n) is 10.7. The first-order valence-electron chi connectivity index (χ1n) is 5.62. The van der Waals surface area contributed by atoms with Gasteiger partial charge in [-0.1, -0.05) is 6.92 Å². The molecule has 0 bridgehead atoms. The van der Waals surface area contributed by atoms with Crippen molar-refractivity contribution in [3.63, 3.8) is 0 Å². The van der Waals surface area contributed by atoms with Gasteiger partial charge in [0.25, 0.3) is 0 Å². The molecule has 1 atom stereocenters. The molecule has 18 heavy (non-hydrogen) atoms. The van der Waals surface area contributed by atoms with Crippen LogP contribution in [0, 0.1) is 10.1 Å². The van der Waals surface area contributed by atoms with Crippen molar-refractivity contribution in [1.82, 2.24) is 4.98 Å². The monoisotopic (exact) mass is 271 g/mol. The number of anilines is 1. The molecule has 0 fully saturated rings. The highest BCUT2D eigenvalue weighted by atomic mass is 32.2. The molecule has 0 aliphatic carbocycles. The normalized spacial score (nSPS) is 11.9. The van der Waals surface area contributed by atoms with Gasteiger partial charge >= 0.3 is 5.69 Å². The SMILES string of the molecule is CCSCC(C)Nc1nc(OC)ccc1[N+](=O)[O-]. The number of aromatic nitrogens is 1. The lowest BCUT2D eigenvalue weighted by atomic mass is 10.3. The molecule has 1 unspecified atom stereocenters. The number of methoxy groups -OCH3 is 1. The van der Waals surface area contributed by atoms with Crippen LogP contribution in [-0.4, -0.2) is 34.6 Å². The first-order valence-corrected chi connectivity index (χ1v) is 6.77. The van der Waals surface area contributed by atoms with Crippen molar-refractivity contribution in [2.24, 2.45) is 0 Å². The fraction of sp³-hybridized carbons (Fsp3) is 0.545. The number of rotatable bonds is 7. The van der Waals surface area contributed by atoms with Crippen LogP contribution in [0.3, 0.4) is 0 Å². The highest BCUT2D eigenvalue weighted by Crippen LogP contribution is 2.25. The number of nitrogens with one attached hydrogen (secondary N) is 1. The smallest absolute Gasteiger partial charge is 0.311 e. The summed E-state index contributed by atoms with van der Waals surface area (Å²) in [6, 6.07) is 2.98. The van der Waals surface area contributed by atoms with Crippen molar-refractivity contribution in [2.45, 2.75) is 19.9 Å². The summed E-state index contributed by atoms with van der Waals surface area (Å²) < 4.78 is 4.97. The molecule has 100 valence electrons. The van der Waals surface area contributed by atoms with Crippen LogP contribution in [0.15, 0.2) is 12.1 Å². The van der Waals surface area contributed by atoms with Gasteiger partial charge in [-0.3, -0.25) is 10.1 Å². The quantitative estimate of drug-likeness (QED) is 0.606. The van der Waals surface area contributed by atoms with Crippen LogP contribution in [0.25, 0.3) is 0 Å². The lowest BCUT2D eigenvalue weighted by Gasteiger charge is -2.14. The predicted molar refractivity (Wildman–Crippen MR) is 73.5 cm³/mol. The van der Waals surface area contributed by atoms with Crippen LogP contribution in [0.5, 0.6) is 5.88 Å². The zero-order chi connectivity index (χ0) is 13.5. The topological polar surface area (TPSA) is 77.3 Å². The summed E-state index contributed by atoms with van der Waals surface area (Å²) in [5, 5.41) is 13.9. The Morgan fingerprint density at radius 3 is 2.89 bits per heavy atom. The number of thioether (sulfide) groups is 1. The summed E-state index contributed by atoms with van der Waals surface area (Å²) in [6.07, 6.45) is 0. The summed E-state index contributed by atoms with van der Waals surface area (Å²) >= 11 is 1.77.